The van der Waals surface area contributed by atoms with Crippen LogP contribution in [-0.4, -0.2) is 29.3 Å². The smallest absolute Gasteiger partial charge is 0.408 e. The molecule has 0 saturated heterocycles. The first-order chi connectivity index (χ1) is 18.5. The van der Waals surface area contributed by atoms with Gasteiger partial charge in [0.25, 0.3) is 0 Å². The second-order valence-corrected chi connectivity index (χ2v) is 10.4. The number of hydrogen-bond acceptors (Lipinski definition) is 3. The third-order valence-corrected chi connectivity index (χ3v) is 7.88. The molecule has 0 aromatic heterocycles. The molecule has 2 unspecified atom stereocenters. The second kappa shape index (κ2) is 11.7. The van der Waals surface area contributed by atoms with Crippen molar-refractivity contribution in [2.75, 3.05) is 7.11 Å². The first kappa shape index (κ1) is 25.9. The lowest BCUT2D eigenvalue weighted by Gasteiger charge is -2.42. The molecule has 38 heavy (non-hydrogen) atoms. The van der Waals surface area contributed by atoms with Gasteiger partial charge in [-0.2, -0.15) is 0 Å². The van der Waals surface area contributed by atoms with Gasteiger partial charge in [0.2, 0.25) is 0 Å². The molecule has 4 aromatic carbocycles. The fourth-order valence-electron chi connectivity index (χ4n) is 5.27. The van der Waals surface area contributed by atoms with E-state index in [9.17, 15) is 9.90 Å². The Morgan fingerprint density at radius 1 is 0.895 bits per heavy atom. The molecule has 2 atom stereocenters. The zero-order valence-electron chi connectivity index (χ0n) is 21.2. The lowest BCUT2D eigenvalue weighted by Crippen LogP contribution is -2.48. The number of halogens is 1. The Bertz CT molecular complexity index is 1390. The summed E-state index contributed by atoms with van der Waals surface area (Å²) in [5, 5.41) is 10.5. The monoisotopic (exact) mass is 571 g/mol. The van der Waals surface area contributed by atoms with E-state index in [1.54, 1.807) is 12.0 Å². The van der Waals surface area contributed by atoms with E-state index in [0.29, 0.717) is 25.9 Å². The molecule has 1 aliphatic heterocycles. The van der Waals surface area contributed by atoms with Crippen LogP contribution >= 0.6 is 15.9 Å². The maximum atomic E-state index is 12.8. The number of methoxy groups -OCH3 is 1. The Kier molecular flexibility index (Phi) is 7.99. The van der Waals surface area contributed by atoms with Crippen molar-refractivity contribution >= 4 is 22.0 Å². The quantitative estimate of drug-likeness (QED) is 0.238. The van der Waals surface area contributed by atoms with Gasteiger partial charge in [-0.15, -0.1) is 0 Å². The number of ether oxygens (including phenoxy) is 2. The van der Waals surface area contributed by atoms with Crippen LogP contribution in [0.15, 0.2) is 102 Å². The average Bonchev–Trinajstić information content (AvgIpc) is 2.94. The summed E-state index contributed by atoms with van der Waals surface area (Å²) in [6, 6.07) is 31.5. The number of amides is 1. The Balaban J connectivity index is 1.48. The van der Waals surface area contributed by atoms with Crippen molar-refractivity contribution in [1.82, 2.24) is 4.90 Å². The second-order valence-electron chi connectivity index (χ2n) is 9.55. The highest BCUT2D eigenvalue weighted by atomic mass is 79.9. The minimum atomic E-state index is -0.912. The summed E-state index contributed by atoms with van der Waals surface area (Å²) in [5.74, 6) is 1.53. The molecule has 1 N–H and O–H groups in total. The molecule has 5 nitrogen and oxygen atoms in total. The van der Waals surface area contributed by atoms with E-state index in [4.69, 9.17) is 9.47 Å². The largest absolute Gasteiger partial charge is 0.497 e. The summed E-state index contributed by atoms with van der Waals surface area (Å²) < 4.78 is 12.5. The van der Waals surface area contributed by atoms with Crippen LogP contribution in [0.5, 0.6) is 11.5 Å². The van der Waals surface area contributed by atoms with Crippen LogP contribution < -0.4 is 9.47 Å². The van der Waals surface area contributed by atoms with Gasteiger partial charge in [-0.3, -0.25) is 4.90 Å². The summed E-state index contributed by atoms with van der Waals surface area (Å²) in [7, 11) is 1.66. The van der Waals surface area contributed by atoms with E-state index in [-0.39, 0.29) is 12.1 Å². The highest BCUT2D eigenvalue weighted by Gasteiger charge is 2.38. The van der Waals surface area contributed by atoms with Crippen molar-refractivity contribution in [2.24, 2.45) is 0 Å². The van der Waals surface area contributed by atoms with Crippen molar-refractivity contribution in [1.29, 1.82) is 0 Å². The number of fused-ring (bicyclic) bond motifs is 1. The molecule has 4 aromatic rings. The van der Waals surface area contributed by atoms with E-state index in [0.717, 1.165) is 43.8 Å². The molecule has 0 fully saturated rings. The molecule has 6 heteroatoms. The minimum absolute atomic E-state index is 0.198. The molecule has 5 rings (SSSR count). The predicted molar refractivity (Wildman–Crippen MR) is 152 cm³/mol. The molecule has 0 bridgehead atoms. The van der Waals surface area contributed by atoms with Crippen molar-refractivity contribution in [3.05, 3.63) is 129 Å². The van der Waals surface area contributed by atoms with Gasteiger partial charge in [-0.25, -0.2) is 4.79 Å². The third-order valence-electron chi connectivity index (χ3n) is 7.11. The van der Waals surface area contributed by atoms with Crippen LogP contribution in [0.2, 0.25) is 0 Å². The normalized spacial score (nSPS) is 16.5. The third kappa shape index (κ3) is 5.86. The van der Waals surface area contributed by atoms with Gasteiger partial charge in [-0.1, -0.05) is 82.7 Å². The predicted octanol–water partition coefficient (Wildman–Crippen LogP) is 7.47. The van der Waals surface area contributed by atoms with E-state index in [2.05, 4.69) is 28.1 Å². The molecule has 0 radical (unpaired) electrons. The SMILES string of the molecule is COc1ccc2c(c1)CC(Cc1ccccc1)N(C(=O)O)C2Cc1cc(OCc2ccccc2)ccc1Br. The topological polar surface area (TPSA) is 59.0 Å². The maximum Gasteiger partial charge on any atom is 0.408 e. The van der Waals surface area contributed by atoms with E-state index in [1.165, 1.54) is 0 Å². The zero-order valence-corrected chi connectivity index (χ0v) is 22.8. The summed E-state index contributed by atoms with van der Waals surface area (Å²) in [5.41, 5.74) is 5.34. The molecule has 1 heterocycles. The van der Waals surface area contributed by atoms with Crippen LogP contribution in [0, 0.1) is 0 Å². The average molecular weight is 572 g/mol. The number of nitrogens with zero attached hydrogens (tertiary/aromatic N) is 1. The van der Waals surface area contributed by atoms with Gasteiger partial charge < -0.3 is 14.6 Å². The Morgan fingerprint density at radius 2 is 1.58 bits per heavy atom. The van der Waals surface area contributed by atoms with Crippen LogP contribution in [-0.2, 0) is 25.9 Å². The van der Waals surface area contributed by atoms with E-state index in [1.807, 2.05) is 84.9 Å². The van der Waals surface area contributed by atoms with Gasteiger partial charge in [-0.05, 0) is 77.4 Å². The number of rotatable bonds is 8. The summed E-state index contributed by atoms with van der Waals surface area (Å²) in [6.45, 7) is 0.467. The van der Waals surface area contributed by atoms with E-state index >= 15 is 0 Å². The number of hydrogen-bond donors (Lipinski definition) is 1. The molecule has 0 spiro atoms. The fraction of sp³-hybridized carbons (Fsp3) is 0.219. The van der Waals surface area contributed by atoms with Gasteiger partial charge in [0.15, 0.2) is 0 Å². The summed E-state index contributed by atoms with van der Waals surface area (Å²) in [4.78, 5) is 14.4. The first-order valence-electron chi connectivity index (χ1n) is 12.7. The molecular formula is C32H30BrNO4. The summed E-state index contributed by atoms with van der Waals surface area (Å²) in [6.07, 6.45) is 0.873. The lowest BCUT2D eigenvalue weighted by atomic mass is 9.83. The first-order valence-corrected chi connectivity index (χ1v) is 13.5. The molecule has 0 saturated carbocycles. The highest BCUT2D eigenvalue weighted by Crippen LogP contribution is 2.40. The number of carbonyl (C=O) groups is 1. The molecule has 194 valence electrons. The highest BCUT2D eigenvalue weighted by molar-refractivity contribution is 9.10. The van der Waals surface area contributed by atoms with Gasteiger partial charge >= 0.3 is 6.09 Å². The minimum Gasteiger partial charge on any atom is -0.497 e. The van der Waals surface area contributed by atoms with Crippen LogP contribution in [0.25, 0.3) is 0 Å². The Morgan fingerprint density at radius 3 is 2.26 bits per heavy atom. The van der Waals surface area contributed by atoms with Crippen molar-refractivity contribution < 1.29 is 19.4 Å². The molecule has 0 aliphatic carbocycles. The van der Waals surface area contributed by atoms with Gasteiger partial charge in [0, 0.05) is 10.5 Å². The standard InChI is InChI=1S/C32H30BrNO4/c1-37-27-12-14-29-24(18-27)17-26(16-22-8-4-2-5-9-22)34(32(35)36)31(29)20-25-19-28(13-15-30(25)33)38-21-23-10-6-3-7-11-23/h2-15,18-19,26,31H,16-17,20-21H2,1H3,(H,35,36). The molecular weight excluding hydrogens is 542 g/mol. The van der Waals surface area contributed by atoms with Crippen LogP contribution in [0.4, 0.5) is 4.79 Å². The zero-order chi connectivity index (χ0) is 26.5. The van der Waals surface area contributed by atoms with Crippen LogP contribution in [0.3, 0.4) is 0 Å². The van der Waals surface area contributed by atoms with Gasteiger partial charge in [0.05, 0.1) is 13.2 Å². The van der Waals surface area contributed by atoms with Gasteiger partial charge in [0.1, 0.15) is 18.1 Å². The Labute approximate surface area is 231 Å². The maximum absolute atomic E-state index is 12.8. The van der Waals surface area contributed by atoms with Crippen molar-refractivity contribution in [3.8, 4) is 11.5 Å². The Hall–Kier alpha value is -3.77. The van der Waals surface area contributed by atoms with Crippen molar-refractivity contribution in [2.45, 2.75) is 38.0 Å². The number of benzene rings is 4. The fourth-order valence-corrected chi connectivity index (χ4v) is 5.68. The van der Waals surface area contributed by atoms with Crippen molar-refractivity contribution in [3.63, 3.8) is 0 Å². The molecule has 1 amide bonds. The lowest BCUT2D eigenvalue weighted by molar-refractivity contribution is 0.0892. The number of carboxylic acid groups (broad SMARTS) is 1. The van der Waals surface area contributed by atoms with Crippen LogP contribution in [0.1, 0.15) is 33.9 Å². The molecule has 1 aliphatic rings. The summed E-state index contributed by atoms with van der Waals surface area (Å²) >= 11 is 3.70. The van der Waals surface area contributed by atoms with E-state index < -0.39 is 6.09 Å².